The Hall–Kier alpha value is 0.270. The number of likely N-dealkylation sites (N-methyl/N-ethyl adjacent to an activating group) is 1. The number of hydrogen-bond acceptors (Lipinski definition) is 3. The van der Waals surface area contributed by atoms with E-state index in [-0.39, 0.29) is 0 Å². The quantitative estimate of drug-likeness (QED) is 0.718. The highest BCUT2D eigenvalue weighted by atomic mass is 32.2. The smallest absolute Gasteiger partial charge is 0.0623 e. The summed E-state index contributed by atoms with van der Waals surface area (Å²) in [6, 6.07) is 0.485. The van der Waals surface area contributed by atoms with E-state index in [4.69, 9.17) is 4.74 Å². The molecule has 0 aromatic carbocycles. The topological polar surface area (TPSA) is 21.3 Å². The van der Waals surface area contributed by atoms with E-state index in [2.05, 4.69) is 33.0 Å². The van der Waals surface area contributed by atoms with Crippen LogP contribution in [0.2, 0.25) is 0 Å². The van der Waals surface area contributed by atoms with Crippen molar-refractivity contribution in [3.8, 4) is 0 Å². The maximum Gasteiger partial charge on any atom is 0.0623 e. The predicted octanol–water partition coefficient (Wildman–Crippen LogP) is 2.14. The van der Waals surface area contributed by atoms with Crippen LogP contribution in [0.3, 0.4) is 0 Å². The Labute approximate surface area is 86.8 Å². The Bertz CT molecular complexity index is 117. The van der Waals surface area contributed by atoms with Gasteiger partial charge in [0.1, 0.15) is 0 Å². The molecule has 0 aromatic rings. The van der Waals surface area contributed by atoms with Crippen molar-refractivity contribution in [1.29, 1.82) is 0 Å². The standard InChI is InChI=1S/C10H23NOS/c1-6-11-9(7-12-5)8-13-10(2,3)4/h9,11H,6-8H2,1-5H3. The van der Waals surface area contributed by atoms with Gasteiger partial charge in [0.15, 0.2) is 0 Å². The van der Waals surface area contributed by atoms with Gasteiger partial charge in [-0.15, -0.1) is 0 Å². The van der Waals surface area contributed by atoms with E-state index in [1.807, 2.05) is 11.8 Å². The van der Waals surface area contributed by atoms with E-state index in [1.54, 1.807) is 7.11 Å². The zero-order valence-corrected chi connectivity index (χ0v) is 10.3. The third-order valence-electron chi connectivity index (χ3n) is 1.58. The molecule has 1 N–H and O–H groups in total. The molecule has 3 heteroatoms. The molecule has 0 amide bonds. The van der Waals surface area contributed by atoms with Crippen molar-refractivity contribution in [3.63, 3.8) is 0 Å². The molecule has 13 heavy (non-hydrogen) atoms. The minimum Gasteiger partial charge on any atom is -0.383 e. The SMILES string of the molecule is CCNC(COC)CSC(C)(C)C. The minimum atomic E-state index is 0.349. The van der Waals surface area contributed by atoms with Crippen molar-refractivity contribution in [2.75, 3.05) is 26.0 Å². The van der Waals surface area contributed by atoms with Crippen LogP contribution in [0.1, 0.15) is 27.7 Å². The van der Waals surface area contributed by atoms with Gasteiger partial charge in [-0.05, 0) is 6.54 Å². The molecule has 1 unspecified atom stereocenters. The first kappa shape index (κ1) is 13.3. The van der Waals surface area contributed by atoms with E-state index in [9.17, 15) is 0 Å². The molecule has 0 aliphatic carbocycles. The summed E-state index contributed by atoms with van der Waals surface area (Å²) in [5.74, 6) is 1.12. The molecule has 1 atom stereocenters. The van der Waals surface area contributed by atoms with Gasteiger partial charge in [-0.25, -0.2) is 0 Å². The van der Waals surface area contributed by atoms with Gasteiger partial charge in [-0.1, -0.05) is 27.7 Å². The number of methoxy groups -OCH3 is 1. The largest absolute Gasteiger partial charge is 0.383 e. The van der Waals surface area contributed by atoms with Crippen LogP contribution >= 0.6 is 11.8 Å². The van der Waals surface area contributed by atoms with Gasteiger partial charge < -0.3 is 10.1 Å². The summed E-state index contributed by atoms with van der Waals surface area (Å²) in [7, 11) is 1.76. The Morgan fingerprint density at radius 3 is 2.38 bits per heavy atom. The first-order chi connectivity index (χ1) is 5.99. The lowest BCUT2D eigenvalue weighted by molar-refractivity contribution is 0.174. The van der Waals surface area contributed by atoms with Crippen LogP contribution in [0.5, 0.6) is 0 Å². The second kappa shape index (κ2) is 6.68. The van der Waals surface area contributed by atoms with Crippen molar-refractivity contribution < 1.29 is 4.74 Å². The summed E-state index contributed by atoms with van der Waals surface area (Å²) in [6.45, 7) is 10.7. The number of rotatable bonds is 6. The molecule has 0 aliphatic rings. The lowest BCUT2D eigenvalue weighted by Crippen LogP contribution is -2.36. The summed E-state index contributed by atoms with van der Waals surface area (Å²) < 4.78 is 5.49. The van der Waals surface area contributed by atoms with E-state index in [0.29, 0.717) is 10.8 Å². The maximum atomic E-state index is 5.15. The third kappa shape index (κ3) is 8.60. The zero-order valence-electron chi connectivity index (χ0n) is 9.52. The molecule has 0 saturated heterocycles. The van der Waals surface area contributed by atoms with Crippen molar-refractivity contribution >= 4 is 11.8 Å². The van der Waals surface area contributed by atoms with Crippen molar-refractivity contribution in [3.05, 3.63) is 0 Å². The molecule has 0 bridgehead atoms. The zero-order chi connectivity index (χ0) is 10.3. The monoisotopic (exact) mass is 205 g/mol. The van der Waals surface area contributed by atoms with Gasteiger partial charge in [0.2, 0.25) is 0 Å². The van der Waals surface area contributed by atoms with Crippen LogP contribution in [0.15, 0.2) is 0 Å². The fourth-order valence-corrected chi connectivity index (χ4v) is 1.92. The molecule has 0 aliphatic heterocycles. The number of hydrogen-bond donors (Lipinski definition) is 1. The maximum absolute atomic E-state index is 5.15. The van der Waals surface area contributed by atoms with Crippen molar-refractivity contribution in [1.82, 2.24) is 5.32 Å². The molecule has 0 rings (SSSR count). The summed E-state index contributed by atoms with van der Waals surface area (Å²) in [4.78, 5) is 0. The summed E-state index contributed by atoms with van der Waals surface area (Å²) >= 11 is 1.98. The van der Waals surface area contributed by atoms with Crippen LogP contribution in [0, 0.1) is 0 Å². The predicted molar refractivity (Wildman–Crippen MR) is 61.6 cm³/mol. The minimum absolute atomic E-state index is 0.349. The molecule has 0 fully saturated rings. The summed E-state index contributed by atoms with van der Waals surface area (Å²) in [5.41, 5.74) is 0. The molecule has 2 nitrogen and oxygen atoms in total. The highest BCUT2D eigenvalue weighted by Gasteiger charge is 2.14. The first-order valence-corrected chi connectivity index (χ1v) is 5.84. The molecular weight excluding hydrogens is 182 g/mol. The fourth-order valence-electron chi connectivity index (χ4n) is 1.01. The molecule has 0 heterocycles. The van der Waals surface area contributed by atoms with Crippen molar-refractivity contribution in [2.45, 2.75) is 38.5 Å². The molecule has 0 spiro atoms. The lowest BCUT2D eigenvalue weighted by Gasteiger charge is -2.22. The molecule has 0 radical (unpaired) electrons. The summed E-state index contributed by atoms with van der Waals surface area (Å²) in [5, 5.41) is 3.41. The van der Waals surface area contributed by atoms with E-state index in [0.717, 1.165) is 18.9 Å². The van der Waals surface area contributed by atoms with Gasteiger partial charge in [-0.3, -0.25) is 0 Å². The first-order valence-electron chi connectivity index (χ1n) is 4.86. The van der Waals surface area contributed by atoms with Gasteiger partial charge in [-0.2, -0.15) is 11.8 Å². The summed E-state index contributed by atoms with van der Waals surface area (Å²) in [6.07, 6.45) is 0. The van der Waals surface area contributed by atoms with E-state index in [1.165, 1.54) is 0 Å². The normalized spacial score (nSPS) is 14.5. The molecule has 0 aromatic heterocycles. The lowest BCUT2D eigenvalue weighted by atomic mass is 10.3. The van der Waals surface area contributed by atoms with Gasteiger partial charge >= 0.3 is 0 Å². The Balaban J connectivity index is 3.68. The Morgan fingerprint density at radius 1 is 1.38 bits per heavy atom. The van der Waals surface area contributed by atoms with Crippen molar-refractivity contribution in [2.24, 2.45) is 0 Å². The Kier molecular flexibility index (Phi) is 6.82. The second-order valence-corrected chi connectivity index (χ2v) is 5.98. The number of nitrogens with one attached hydrogen (secondary N) is 1. The molecule has 80 valence electrons. The fraction of sp³-hybridized carbons (Fsp3) is 1.00. The number of ether oxygens (including phenoxy) is 1. The second-order valence-electron chi connectivity index (χ2n) is 4.13. The van der Waals surface area contributed by atoms with Gasteiger partial charge in [0, 0.05) is 23.7 Å². The molecule has 0 saturated carbocycles. The van der Waals surface area contributed by atoms with Crippen LogP contribution < -0.4 is 5.32 Å². The average molecular weight is 205 g/mol. The molecular formula is C10H23NOS. The highest BCUT2D eigenvalue weighted by Crippen LogP contribution is 2.23. The highest BCUT2D eigenvalue weighted by molar-refractivity contribution is 8.00. The van der Waals surface area contributed by atoms with E-state index < -0.39 is 0 Å². The third-order valence-corrected chi connectivity index (χ3v) is 3.01. The van der Waals surface area contributed by atoms with Gasteiger partial charge in [0.25, 0.3) is 0 Å². The average Bonchev–Trinajstić information content (AvgIpc) is 2.00. The van der Waals surface area contributed by atoms with E-state index >= 15 is 0 Å². The van der Waals surface area contributed by atoms with Crippen LogP contribution in [-0.2, 0) is 4.74 Å². The van der Waals surface area contributed by atoms with Crippen LogP contribution in [0.25, 0.3) is 0 Å². The van der Waals surface area contributed by atoms with Crippen LogP contribution in [0.4, 0.5) is 0 Å². The number of thioether (sulfide) groups is 1. The van der Waals surface area contributed by atoms with Gasteiger partial charge in [0.05, 0.1) is 6.61 Å². The van der Waals surface area contributed by atoms with Crippen LogP contribution in [-0.4, -0.2) is 36.8 Å². The Morgan fingerprint density at radius 2 is 2.00 bits per heavy atom.